The molecule has 0 saturated heterocycles. The normalized spacial score (nSPS) is 22.1. The van der Waals surface area contributed by atoms with Crippen molar-refractivity contribution in [2.24, 2.45) is 5.92 Å². The molecule has 1 aromatic carbocycles. The number of carboxylic acids is 1. The van der Waals surface area contributed by atoms with Crippen LogP contribution >= 0.6 is 0 Å². The second kappa shape index (κ2) is 7.03. The molecule has 0 spiro atoms. The van der Waals surface area contributed by atoms with Gasteiger partial charge in [-0.3, -0.25) is 9.59 Å². The number of aliphatic carboxylic acids is 1. The first-order valence-corrected chi connectivity index (χ1v) is 7.76. The molecule has 138 valence electrons. The Morgan fingerprint density at radius 3 is 2.52 bits per heavy atom. The quantitative estimate of drug-likeness (QED) is 0.785. The van der Waals surface area contributed by atoms with Crippen molar-refractivity contribution in [3.05, 3.63) is 35.4 Å². The van der Waals surface area contributed by atoms with Gasteiger partial charge in [-0.1, -0.05) is 18.2 Å². The van der Waals surface area contributed by atoms with E-state index in [1.807, 2.05) is 0 Å². The summed E-state index contributed by atoms with van der Waals surface area (Å²) < 4.78 is 44.2. The van der Waals surface area contributed by atoms with Crippen molar-refractivity contribution in [2.45, 2.75) is 37.4 Å². The van der Waals surface area contributed by atoms with E-state index in [0.29, 0.717) is 6.42 Å². The summed E-state index contributed by atoms with van der Waals surface area (Å²) >= 11 is 0. The first kappa shape index (κ1) is 19.2. The van der Waals surface area contributed by atoms with Crippen molar-refractivity contribution in [3.63, 3.8) is 0 Å². The topological polar surface area (TPSA) is 75.6 Å². The molecule has 0 aliphatic heterocycles. The van der Waals surface area contributed by atoms with Gasteiger partial charge in [-0.25, -0.2) is 0 Å². The molecule has 1 aromatic rings. The van der Waals surface area contributed by atoms with E-state index in [4.69, 9.17) is 9.84 Å². The number of alkyl halides is 3. The maximum atomic E-state index is 13.1. The predicted octanol–water partition coefficient (Wildman–Crippen LogP) is 2.80. The minimum atomic E-state index is -4.48. The van der Waals surface area contributed by atoms with E-state index in [2.05, 4.69) is 5.32 Å². The number of carbonyl (C=O) groups excluding carboxylic acids is 1. The van der Waals surface area contributed by atoms with E-state index in [0.717, 1.165) is 6.07 Å². The number of methoxy groups -OCH3 is 1. The van der Waals surface area contributed by atoms with Crippen LogP contribution in [0.4, 0.5) is 13.2 Å². The SMILES string of the molecule is COCC(C)(CC(=O)O)NC(=O)C1CC1c1ccccc1C(F)(F)F. The average molecular weight is 359 g/mol. The van der Waals surface area contributed by atoms with Crippen LogP contribution in [-0.2, 0) is 20.5 Å². The lowest BCUT2D eigenvalue weighted by Gasteiger charge is -2.28. The highest BCUT2D eigenvalue weighted by Gasteiger charge is 2.49. The zero-order valence-electron chi connectivity index (χ0n) is 13.9. The molecule has 0 radical (unpaired) electrons. The molecular formula is C17H20F3NO4. The summed E-state index contributed by atoms with van der Waals surface area (Å²) in [5, 5.41) is 11.6. The zero-order valence-corrected chi connectivity index (χ0v) is 13.9. The third kappa shape index (κ3) is 4.72. The standard InChI is InChI=1S/C17H20F3NO4/c1-16(9-25-2,8-14(22)23)21-15(24)12-7-11(12)10-5-3-4-6-13(10)17(18,19)20/h3-6,11-12H,7-9H2,1-2H3,(H,21,24)(H,22,23). The van der Waals surface area contributed by atoms with Gasteiger partial charge in [0.05, 0.1) is 24.1 Å². The van der Waals surface area contributed by atoms with E-state index >= 15 is 0 Å². The van der Waals surface area contributed by atoms with Crippen LogP contribution in [0.2, 0.25) is 0 Å². The molecule has 1 saturated carbocycles. The Labute approximate surface area is 143 Å². The minimum Gasteiger partial charge on any atom is -0.481 e. The molecule has 3 atom stereocenters. The van der Waals surface area contributed by atoms with Crippen molar-refractivity contribution in [2.75, 3.05) is 13.7 Å². The van der Waals surface area contributed by atoms with Gasteiger partial charge in [-0.05, 0) is 30.9 Å². The molecule has 5 nitrogen and oxygen atoms in total. The molecule has 1 fully saturated rings. The molecule has 8 heteroatoms. The molecule has 0 bridgehead atoms. The third-order valence-corrected chi connectivity index (χ3v) is 4.22. The molecule has 0 heterocycles. The second-order valence-corrected chi connectivity index (χ2v) is 6.59. The molecule has 2 rings (SSSR count). The van der Waals surface area contributed by atoms with Gasteiger partial charge in [0.25, 0.3) is 0 Å². The highest BCUT2D eigenvalue weighted by molar-refractivity contribution is 5.84. The number of ether oxygens (including phenoxy) is 1. The Balaban J connectivity index is 2.11. The number of nitrogens with one attached hydrogen (secondary N) is 1. The van der Waals surface area contributed by atoms with E-state index in [1.54, 1.807) is 0 Å². The molecule has 3 unspecified atom stereocenters. The van der Waals surface area contributed by atoms with Crippen molar-refractivity contribution in [1.29, 1.82) is 0 Å². The number of halogens is 3. The van der Waals surface area contributed by atoms with Crippen LogP contribution in [-0.4, -0.2) is 36.2 Å². The van der Waals surface area contributed by atoms with Gasteiger partial charge in [0, 0.05) is 13.0 Å². The maximum absolute atomic E-state index is 13.1. The molecule has 1 aliphatic carbocycles. The molecule has 1 amide bonds. The highest BCUT2D eigenvalue weighted by Crippen LogP contribution is 2.51. The van der Waals surface area contributed by atoms with Gasteiger partial charge in [0.1, 0.15) is 0 Å². The lowest BCUT2D eigenvalue weighted by atomic mass is 9.97. The Morgan fingerprint density at radius 1 is 1.32 bits per heavy atom. The van der Waals surface area contributed by atoms with E-state index in [1.165, 1.54) is 32.2 Å². The summed E-state index contributed by atoms with van der Waals surface area (Å²) in [6.45, 7) is 1.52. The number of amides is 1. The summed E-state index contributed by atoms with van der Waals surface area (Å²) in [5.41, 5.74) is -1.75. The van der Waals surface area contributed by atoms with Crippen LogP contribution < -0.4 is 5.32 Å². The summed E-state index contributed by atoms with van der Waals surface area (Å²) in [7, 11) is 1.38. The first-order chi connectivity index (χ1) is 11.6. The Hall–Kier alpha value is -2.09. The van der Waals surface area contributed by atoms with Crippen molar-refractivity contribution in [3.8, 4) is 0 Å². The van der Waals surface area contributed by atoms with E-state index in [9.17, 15) is 22.8 Å². The fraction of sp³-hybridized carbons (Fsp3) is 0.529. The summed E-state index contributed by atoms with van der Waals surface area (Å²) in [6.07, 6.45) is -4.52. The zero-order chi connectivity index (χ0) is 18.8. The molecule has 1 aliphatic rings. The predicted molar refractivity (Wildman–Crippen MR) is 83.0 cm³/mol. The first-order valence-electron chi connectivity index (χ1n) is 7.76. The van der Waals surface area contributed by atoms with Gasteiger partial charge in [0.15, 0.2) is 0 Å². The number of hydrogen-bond acceptors (Lipinski definition) is 3. The molecule has 25 heavy (non-hydrogen) atoms. The highest BCUT2D eigenvalue weighted by atomic mass is 19.4. The lowest BCUT2D eigenvalue weighted by Crippen LogP contribution is -2.51. The largest absolute Gasteiger partial charge is 0.481 e. The maximum Gasteiger partial charge on any atom is 0.416 e. The van der Waals surface area contributed by atoms with Crippen LogP contribution in [0.25, 0.3) is 0 Å². The van der Waals surface area contributed by atoms with E-state index < -0.39 is 41.0 Å². The van der Waals surface area contributed by atoms with Crippen LogP contribution in [0.3, 0.4) is 0 Å². The van der Waals surface area contributed by atoms with Crippen molar-refractivity contribution in [1.82, 2.24) is 5.32 Å². The fourth-order valence-corrected chi connectivity index (χ4v) is 3.08. The number of benzene rings is 1. The van der Waals surface area contributed by atoms with Crippen molar-refractivity contribution < 1.29 is 32.6 Å². The second-order valence-electron chi connectivity index (χ2n) is 6.59. The van der Waals surface area contributed by atoms with Gasteiger partial charge < -0.3 is 15.2 Å². The average Bonchev–Trinajstić information content (AvgIpc) is 3.25. The Morgan fingerprint density at radius 2 is 1.96 bits per heavy atom. The van der Waals surface area contributed by atoms with Gasteiger partial charge >= 0.3 is 12.1 Å². The van der Waals surface area contributed by atoms with Gasteiger partial charge in [-0.15, -0.1) is 0 Å². The summed E-state index contributed by atoms with van der Waals surface area (Å²) in [5.74, 6) is -2.68. The van der Waals surface area contributed by atoms with Crippen LogP contribution in [0.1, 0.15) is 36.8 Å². The number of hydrogen-bond donors (Lipinski definition) is 2. The Kier molecular flexibility index (Phi) is 5.41. The monoisotopic (exact) mass is 359 g/mol. The van der Waals surface area contributed by atoms with Crippen LogP contribution in [0.5, 0.6) is 0 Å². The lowest BCUT2D eigenvalue weighted by molar-refractivity contribution is -0.140. The van der Waals surface area contributed by atoms with Crippen LogP contribution in [0, 0.1) is 5.92 Å². The molecular weight excluding hydrogens is 339 g/mol. The van der Waals surface area contributed by atoms with Gasteiger partial charge in [0.2, 0.25) is 5.91 Å². The Bertz CT molecular complexity index is 662. The fourth-order valence-electron chi connectivity index (χ4n) is 3.08. The summed E-state index contributed by atoms with van der Waals surface area (Å²) in [6, 6.07) is 5.21. The number of carboxylic acid groups (broad SMARTS) is 1. The third-order valence-electron chi connectivity index (χ3n) is 4.22. The number of carbonyl (C=O) groups is 2. The summed E-state index contributed by atoms with van der Waals surface area (Å²) in [4.78, 5) is 23.3. The molecule has 2 N–H and O–H groups in total. The van der Waals surface area contributed by atoms with Crippen molar-refractivity contribution >= 4 is 11.9 Å². The van der Waals surface area contributed by atoms with E-state index in [-0.39, 0.29) is 18.6 Å². The number of rotatable bonds is 7. The minimum absolute atomic E-state index is 0.0123. The smallest absolute Gasteiger partial charge is 0.416 e. The molecule has 0 aromatic heterocycles. The van der Waals surface area contributed by atoms with Crippen LogP contribution in [0.15, 0.2) is 24.3 Å². The van der Waals surface area contributed by atoms with Gasteiger partial charge in [-0.2, -0.15) is 13.2 Å².